The van der Waals surface area contributed by atoms with Gasteiger partial charge in [0, 0.05) is 0 Å². The number of halogens is 3. The predicted molar refractivity (Wildman–Crippen MR) is 57.9 cm³/mol. The Hall–Kier alpha value is 0.711. The standard InChI is InChI=1S/C11H15BF3.K/c1-11(2,3)10-6-4-9(5-7-10)8-12(13,14)15;/h4-7H,8H2,1-3H3;/q-1;+1. The molecule has 5 heteroatoms. The SMILES string of the molecule is CC(C)(C)c1ccc(C[B-](F)(F)F)cc1.[K+]. The molecule has 0 spiro atoms. The van der Waals surface area contributed by atoms with Crippen molar-refractivity contribution in [3.05, 3.63) is 35.4 Å². The van der Waals surface area contributed by atoms with Gasteiger partial charge in [-0.2, -0.15) is 0 Å². The third-order valence-electron chi connectivity index (χ3n) is 2.29. The van der Waals surface area contributed by atoms with E-state index < -0.39 is 13.3 Å². The molecule has 0 aromatic heterocycles. The zero-order valence-electron chi connectivity index (χ0n) is 10.2. The van der Waals surface area contributed by atoms with Gasteiger partial charge in [-0.15, -0.1) is 0 Å². The van der Waals surface area contributed by atoms with Crippen molar-refractivity contribution in [3.8, 4) is 0 Å². The zero-order valence-corrected chi connectivity index (χ0v) is 13.4. The summed E-state index contributed by atoms with van der Waals surface area (Å²) in [6.07, 6.45) is -0.787. The van der Waals surface area contributed by atoms with Crippen LogP contribution in [0.25, 0.3) is 0 Å². The Morgan fingerprint density at radius 2 is 1.44 bits per heavy atom. The Balaban J connectivity index is 0.00000225. The van der Waals surface area contributed by atoms with Crippen LogP contribution >= 0.6 is 0 Å². The van der Waals surface area contributed by atoms with Gasteiger partial charge in [0.1, 0.15) is 0 Å². The van der Waals surface area contributed by atoms with Gasteiger partial charge in [-0.05, 0) is 11.0 Å². The van der Waals surface area contributed by atoms with Crippen LogP contribution in [0.2, 0.25) is 0 Å². The zero-order chi connectivity index (χ0) is 11.7. The molecule has 0 amide bonds. The van der Waals surface area contributed by atoms with Crippen LogP contribution in [-0.2, 0) is 11.7 Å². The maximum atomic E-state index is 12.1. The summed E-state index contributed by atoms with van der Waals surface area (Å²) in [6.45, 7) is 1.39. The van der Waals surface area contributed by atoms with Crippen LogP contribution < -0.4 is 51.4 Å². The summed E-state index contributed by atoms with van der Waals surface area (Å²) in [5.41, 5.74) is 1.39. The van der Waals surface area contributed by atoms with Gasteiger partial charge in [0.15, 0.2) is 0 Å². The first-order valence-electron chi connectivity index (χ1n) is 4.99. The minimum absolute atomic E-state index is 0. The quantitative estimate of drug-likeness (QED) is 0.688. The van der Waals surface area contributed by atoms with Crippen molar-refractivity contribution >= 4 is 6.98 Å². The van der Waals surface area contributed by atoms with Gasteiger partial charge < -0.3 is 12.9 Å². The molecule has 0 heterocycles. The molecule has 0 saturated heterocycles. The number of hydrogen-bond donors (Lipinski definition) is 0. The van der Waals surface area contributed by atoms with E-state index in [0.29, 0.717) is 5.56 Å². The Labute approximate surface area is 137 Å². The fourth-order valence-electron chi connectivity index (χ4n) is 1.41. The Bertz CT molecular complexity index is 325. The summed E-state index contributed by atoms with van der Waals surface area (Å²) in [5, 5.41) is 0. The smallest absolute Gasteiger partial charge is 0.449 e. The van der Waals surface area contributed by atoms with E-state index in [1.54, 1.807) is 24.3 Å². The topological polar surface area (TPSA) is 0 Å². The summed E-state index contributed by atoms with van der Waals surface area (Å²) in [5.74, 6) is 0. The van der Waals surface area contributed by atoms with Gasteiger partial charge in [0.2, 0.25) is 0 Å². The van der Waals surface area contributed by atoms with E-state index in [1.807, 2.05) is 20.8 Å². The fourth-order valence-corrected chi connectivity index (χ4v) is 1.41. The molecule has 0 atom stereocenters. The van der Waals surface area contributed by atoms with E-state index in [0.717, 1.165) is 5.56 Å². The van der Waals surface area contributed by atoms with Gasteiger partial charge in [-0.25, -0.2) is 0 Å². The molecule has 1 aromatic rings. The molecule has 0 bridgehead atoms. The Morgan fingerprint density at radius 3 is 1.75 bits per heavy atom. The second-order valence-electron chi connectivity index (χ2n) is 4.86. The van der Waals surface area contributed by atoms with Gasteiger partial charge in [0.25, 0.3) is 0 Å². The molecule has 0 N–H and O–H groups in total. The van der Waals surface area contributed by atoms with Gasteiger partial charge in [-0.3, -0.25) is 0 Å². The first-order valence-corrected chi connectivity index (χ1v) is 4.99. The van der Waals surface area contributed by atoms with Crippen molar-refractivity contribution in [1.82, 2.24) is 0 Å². The van der Waals surface area contributed by atoms with E-state index in [2.05, 4.69) is 0 Å². The fraction of sp³-hybridized carbons (Fsp3) is 0.455. The molecule has 0 aliphatic carbocycles. The average Bonchev–Trinajstić information content (AvgIpc) is 2.00. The second-order valence-corrected chi connectivity index (χ2v) is 4.86. The normalized spacial score (nSPS) is 12.1. The maximum absolute atomic E-state index is 12.1. The Kier molecular flexibility index (Phi) is 6.32. The molecule has 0 nitrogen and oxygen atoms in total. The largest absolute Gasteiger partial charge is 1.00 e. The Morgan fingerprint density at radius 1 is 1.00 bits per heavy atom. The molecule has 0 fully saturated rings. The minimum Gasteiger partial charge on any atom is -0.449 e. The molecule has 0 saturated carbocycles. The molecular weight excluding hydrogens is 239 g/mol. The first kappa shape index (κ1) is 16.7. The maximum Gasteiger partial charge on any atom is 1.00 e. The number of benzene rings is 1. The molecular formula is C11H15BF3K. The summed E-state index contributed by atoms with van der Waals surface area (Å²) in [4.78, 5) is 0. The van der Waals surface area contributed by atoms with E-state index in [-0.39, 0.29) is 56.8 Å². The van der Waals surface area contributed by atoms with E-state index >= 15 is 0 Å². The van der Waals surface area contributed by atoms with Crippen molar-refractivity contribution < 1.29 is 64.3 Å². The first-order chi connectivity index (χ1) is 6.68. The van der Waals surface area contributed by atoms with Crippen LogP contribution in [0, 0.1) is 0 Å². The molecule has 16 heavy (non-hydrogen) atoms. The number of rotatable bonds is 2. The van der Waals surface area contributed by atoms with Crippen molar-refractivity contribution in [2.45, 2.75) is 32.5 Å². The minimum atomic E-state index is -4.72. The third-order valence-corrected chi connectivity index (χ3v) is 2.29. The van der Waals surface area contributed by atoms with Crippen LogP contribution in [-0.4, -0.2) is 6.98 Å². The molecule has 1 rings (SSSR count). The van der Waals surface area contributed by atoms with E-state index in [1.165, 1.54) is 0 Å². The average molecular weight is 254 g/mol. The van der Waals surface area contributed by atoms with Gasteiger partial charge in [-0.1, -0.05) is 56.9 Å². The van der Waals surface area contributed by atoms with Crippen LogP contribution in [0.3, 0.4) is 0 Å². The third kappa shape index (κ3) is 5.87. The number of hydrogen-bond acceptors (Lipinski definition) is 0. The van der Waals surface area contributed by atoms with E-state index in [4.69, 9.17) is 0 Å². The molecule has 0 radical (unpaired) electrons. The van der Waals surface area contributed by atoms with Crippen LogP contribution in [0.5, 0.6) is 0 Å². The van der Waals surface area contributed by atoms with Crippen molar-refractivity contribution in [2.75, 3.05) is 0 Å². The van der Waals surface area contributed by atoms with E-state index in [9.17, 15) is 12.9 Å². The molecule has 0 aliphatic rings. The summed E-state index contributed by atoms with van der Waals surface area (Å²) >= 11 is 0. The summed E-state index contributed by atoms with van der Waals surface area (Å²) < 4.78 is 36.4. The van der Waals surface area contributed by atoms with Crippen LogP contribution in [0.1, 0.15) is 31.9 Å². The molecule has 0 aliphatic heterocycles. The van der Waals surface area contributed by atoms with Crippen LogP contribution in [0.4, 0.5) is 12.9 Å². The summed E-state index contributed by atoms with van der Waals surface area (Å²) in [6, 6.07) is 6.68. The van der Waals surface area contributed by atoms with Gasteiger partial charge >= 0.3 is 58.4 Å². The summed E-state index contributed by atoms with van der Waals surface area (Å²) in [7, 11) is 0. The van der Waals surface area contributed by atoms with Gasteiger partial charge in [0.05, 0.1) is 0 Å². The second kappa shape index (κ2) is 6.05. The molecule has 84 valence electrons. The van der Waals surface area contributed by atoms with Crippen molar-refractivity contribution in [2.24, 2.45) is 0 Å². The van der Waals surface area contributed by atoms with Crippen LogP contribution in [0.15, 0.2) is 24.3 Å². The molecule has 0 unspecified atom stereocenters. The van der Waals surface area contributed by atoms with Crippen molar-refractivity contribution in [3.63, 3.8) is 0 Å². The predicted octanol–water partition coefficient (Wildman–Crippen LogP) is 0.917. The van der Waals surface area contributed by atoms with Crippen molar-refractivity contribution in [1.29, 1.82) is 0 Å². The molecule has 1 aromatic carbocycles. The monoisotopic (exact) mass is 254 g/mol.